The van der Waals surface area contributed by atoms with Crippen molar-refractivity contribution in [3.63, 3.8) is 0 Å². The average molecular weight is 475 g/mol. The number of benzene rings is 2. The minimum Gasteiger partial charge on any atom is -0.504 e. The molecule has 5 rings (SSSR count). The smallest absolute Gasteiger partial charge is 0.229 e. The number of nitrogens with zero attached hydrogens (tertiary/aromatic N) is 1. The summed E-state index contributed by atoms with van der Waals surface area (Å²) in [6, 6.07) is 6.99. The number of rotatable bonds is 4. The molecule has 34 heavy (non-hydrogen) atoms. The molecule has 0 aliphatic carbocycles. The third kappa shape index (κ3) is 3.86. The van der Waals surface area contributed by atoms with Crippen LogP contribution in [0.1, 0.15) is 28.3 Å². The van der Waals surface area contributed by atoms with Gasteiger partial charge in [-0.15, -0.1) is 0 Å². The molecule has 6 N–H and O–H groups in total. The zero-order chi connectivity index (χ0) is 24.1. The predicted octanol–water partition coefficient (Wildman–Crippen LogP) is -0.0594. The third-order valence-electron chi connectivity index (χ3n) is 7.07. The lowest BCUT2D eigenvalue weighted by Crippen LogP contribution is -2.60. The highest BCUT2D eigenvalue weighted by Gasteiger charge is 2.45. The highest BCUT2D eigenvalue weighted by molar-refractivity contribution is 5.52. The number of aliphatic hydroxyl groups excluding tert-OH is 4. The summed E-state index contributed by atoms with van der Waals surface area (Å²) in [6.45, 7) is 0.861. The molecule has 10 nitrogen and oxygen atoms in total. The Labute approximate surface area is 196 Å². The zero-order valence-electron chi connectivity index (χ0n) is 18.7. The number of hydrogen-bond donors (Lipinski definition) is 6. The Bertz CT molecular complexity index is 1070. The van der Waals surface area contributed by atoms with Crippen molar-refractivity contribution in [2.45, 2.75) is 56.1 Å². The van der Waals surface area contributed by atoms with Crippen LogP contribution in [0.25, 0.3) is 0 Å². The Morgan fingerprint density at radius 2 is 1.68 bits per heavy atom. The predicted molar refractivity (Wildman–Crippen MR) is 118 cm³/mol. The molecule has 0 spiro atoms. The number of aromatic hydroxyl groups is 2. The van der Waals surface area contributed by atoms with Crippen LogP contribution in [0.5, 0.6) is 23.0 Å². The van der Waals surface area contributed by atoms with Gasteiger partial charge in [-0.3, -0.25) is 4.90 Å². The molecule has 0 bridgehead atoms. The van der Waals surface area contributed by atoms with E-state index in [2.05, 4.69) is 4.90 Å². The summed E-state index contributed by atoms with van der Waals surface area (Å²) < 4.78 is 16.4. The molecule has 1 fully saturated rings. The minimum atomic E-state index is -1.57. The van der Waals surface area contributed by atoms with Crippen molar-refractivity contribution in [3.05, 3.63) is 46.5 Å². The summed E-state index contributed by atoms with van der Waals surface area (Å²) in [5, 5.41) is 60.4. The van der Waals surface area contributed by atoms with Crippen molar-refractivity contribution in [1.82, 2.24) is 4.90 Å². The number of methoxy groups -OCH3 is 1. The van der Waals surface area contributed by atoms with Crippen LogP contribution in [-0.4, -0.2) is 86.5 Å². The normalized spacial score (nSPS) is 30.7. The Kier molecular flexibility index (Phi) is 6.05. The van der Waals surface area contributed by atoms with Gasteiger partial charge in [0.2, 0.25) is 6.29 Å². The maximum absolute atomic E-state index is 10.6. The molecule has 0 amide bonds. The number of phenols is 2. The van der Waals surface area contributed by atoms with Gasteiger partial charge < -0.3 is 44.8 Å². The van der Waals surface area contributed by atoms with E-state index in [9.17, 15) is 30.6 Å². The molecular weight excluding hydrogens is 446 g/mol. The Morgan fingerprint density at radius 3 is 2.41 bits per heavy atom. The van der Waals surface area contributed by atoms with Gasteiger partial charge >= 0.3 is 0 Å². The molecule has 184 valence electrons. The largest absolute Gasteiger partial charge is 0.504 e. The lowest BCUT2D eigenvalue weighted by Gasteiger charge is -2.42. The van der Waals surface area contributed by atoms with Gasteiger partial charge in [0.15, 0.2) is 23.0 Å². The number of hydrogen-bond acceptors (Lipinski definition) is 10. The number of fused-ring (bicyclic) bond motifs is 4. The topological polar surface area (TPSA) is 152 Å². The van der Waals surface area contributed by atoms with E-state index in [0.29, 0.717) is 18.7 Å². The molecule has 0 radical (unpaired) electrons. The van der Waals surface area contributed by atoms with Gasteiger partial charge in [-0.2, -0.15) is 0 Å². The van der Waals surface area contributed by atoms with Crippen LogP contribution >= 0.6 is 0 Å². The van der Waals surface area contributed by atoms with E-state index in [1.807, 2.05) is 6.07 Å². The maximum atomic E-state index is 10.6. The molecule has 0 saturated carbocycles. The first-order chi connectivity index (χ1) is 16.3. The van der Waals surface area contributed by atoms with E-state index in [1.54, 1.807) is 18.2 Å². The van der Waals surface area contributed by atoms with Crippen LogP contribution in [0.4, 0.5) is 0 Å². The SMILES string of the molecule is COc1cc2c(cc1O)CCN1Cc3cc(O)c(O[C@@H]4O[C@@H](CO)[C@@H](O)[C@@H](O)[C@@H]4O)cc3C[C@@H]21. The van der Waals surface area contributed by atoms with Gasteiger partial charge in [0.05, 0.1) is 13.7 Å². The molecular formula is C24H29NO9. The second kappa shape index (κ2) is 8.88. The molecule has 3 heterocycles. The molecule has 0 unspecified atom stereocenters. The first-order valence-electron chi connectivity index (χ1n) is 11.3. The highest BCUT2D eigenvalue weighted by Crippen LogP contribution is 2.44. The van der Waals surface area contributed by atoms with Crippen molar-refractivity contribution in [1.29, 1.82) is 0 Å². The first-order valence-corrected chi connectivity index (χ1v) is 11.3. The summed E-state index contributed by atoms with van der Waals surface area (Å²) >= 11 is 0. The van der Waals surface area contributed by atoms with Gasteiger partial charge in [-0.1, -0.05) is 0 Å². The van der Waals surface area contributed by atoms with E-state index in [4.69, 9.17) is 14.2 Å². The Balaban J connectivity index is 1.42. The van der Waals surface area contributed by atoms with Crippen LogP contribution in [0.15, 0.2) is 24.3 Å². The molecule has 2 aromatic carbocycles. The fourth-order valence-corrected chi connectivity index (χ4v) is 5.16. The van der Waals surface area contributed by atoms with Crippen molar-refractivity contribution >= 4 is 0 Å². The van der Waals surface area contributed by atoms with Crippen LogP contribution in [0.3, 0.4) is 0 Å². The zero-order valence-corrected chi connectivity index (χ0v) is 18.7. The summed E-state index contributed by atoms with van der Waals surface area (Å²) in [5.41, 5.74) is 4.04. The number of ether oxygens (including phenoxy) is 3. The lowest BCUT2D eigenvalue weighted by atomic mass is 9.83. The lowest BCUT2D eigenvalue weighted by molar-refractivity contribution is -0.277. The van der Waals surface area contributed by atoms with E-state index in [0.717, 1.165) is 35.2 Å². The molecule has 10 heteroatoms. The van der Waals surface area contributed by atoms with Gasteiger partial charge in [0, 0.05) is 19.1 Å². The van der Waals surface area contributed by atoms with Crippen molar-refractivity contribution in [3.8, 4) is 23.0 Å². The van der Waals surface area contributed by atoms with E-state index >= 15 is 0 Å². The highest BCUT2D eigenvalue weighted by atomic mass is 16.7. The minimum absolute atomic E-state index is 0.0513. The van der Waals surface area contributed by atoms with Crippen LogP contribution in [0.2, 0.25) is 0 Å². The van der Waals surface area contributed by atoms with Crippen LogP contribution in [-0.2, 0) is 24.1 Å². The Hall–Kier alpha value is -2.60. The van der Waals surface area contributed by atoms with Crippen molar-refractivity contribution in [2.75, 3.05) is 20.3 Å². The monoisotopic (exact) mass is 475 g/mol. The van der Waals surface area contributed by atoms with E-state index in [-0.39, 0.29) is 23.3 Å². The molecule has 0 aromatic heterocycles. The van der Waals surface area contributed by atoms with Gasteiger partial charge in [0.25, 0.3) is 0 Å². The summed E-state index contributed by atoms with van der Waals surface area (Å²) in [5.74, 6) is 0.462. The standard InChI is InChI=1S/C24H29NO9/c1-32-18-8-14-11(5-16(18)27)2-3-25-9-13-6-17(28)19(7-12(13)4-15(14)25)33-24-23(31)22(30)21(29)20(10-26)34-24/h5-8,15,20-24,26-31H,2-4,9-10H2,1H3/t15-,20-,21+,22+,23-,24+/m0/s1. The number of aliphatic hydroxyl groups is 4. The molecule has 3 aliphatic heterocycles. The second-order valence-corrected chi connectivity index (χ2v) is 9.07. The van der Waals surface area contributed by atoms with Crippen molar-refractivity contribution in [2.24, 2.45) is 0 Å². The summed E-state index contributed by atoms with van der Waals surface area (Å²) in [6.07, 6.45) is -5.72. The summed E-state index contributed by atoms with van der Waals surface area (Å²) in [7, 11) is 1.52. The quantitative estimate of drug-likeness (QED) is 0.355. The van der Waals surface area contributed by atoms with Gasteiger partial charge in [-0.05, 0) is 59.4 Å². The molecule has 6 atom stereocenters. The molecule has 1 saturated heterocycles. The first kappa shape index (κ1) is 23.2. The third-order valence-corrected chi connectivity index (χ3v) is 7.07. The second-order valence-electron chi connectivity index (χ2n) is 9.07. The van der Waals surface area contributed by atoms with E-state index < -0.39 is 37.3 Å². The van der Waals surface area contributed by atoms with Gasteiger partial charge in [0.1, 0.15) is 24.4 Å². The summed E-state index contributed by atoms with van der Waals surface area (Å²) in [4.78, 5) is 2.32. The molecule has 2 aromatic rings. The fraction of sp³-hybridized carbons (Fsp3) is 0.500. The molecule has 3 aliphatic rings. The Morgan fingerprint density at radius 1 is 0.941 bits per heavy atom. The maximum Gasteiger partial charge on any atom is 0.229 e. The van der Waals surface area contributed by atoms with E-state index in [1.165, 1.54) is 7.11 Å². The average Bonchev–Trinajstić information content (AvgIpc) is 2.83. The van der Waals surface area contributed by atoms with Crippen molar-refractivity contribution < 1.29 is 44.8 Å². The fourth-order valence-electron chi connectivity index (χ4n) is 5.16. The number of phenolic OH excluding ortho intramolecular Hbond substituents is 2. The van der Waals surface area contributed by atoms with Crippen LogP contribution in [0, 0.1) is 0 Å². The van der Waals surface area contributed by atoms with Crippen LogP contribution < -0.4 is 9.47 Å². The van der Waals surface area contributed by atoms with Gasteiger partial charge in [-0.25, -0.2) is 0 Å².